The Kier molecular flexibility index (Phi) is 5.39. The first kappa shape index (κ1) is 13.8. The van der Waals surface area contributed by atoms with Crippen LogP contribution < -0.4 is 11.1 Å². The third-order valence-corrected chi connectivity index (χ3v) is 4.58. The van der Waals surface area contributed by atoms with Gasteiger partial charge in [-0.15, -0.1) is 11.8 Å². The standard InChI is InChI=1S/C15H24N2S/c1-2-18-15-10-6-9-14(13(15)11-16)17-12-7-4-3-5-8-12/h6,9-10,12,17H,2-5,7-8,11,16H2,1H3. The molecule has 0 aliphatic heterocycles. The minimum Gasteiger partial charge on any atom is -0.382 e. The molecule has 18 heavy (non-hydrogen) atoms. The van der Waals surface area contributed by atoms with E-state index in [1.807, 2.05) is 11.8 Å². The second-order valence-corrected chi connectivity index (χ2v) is 6.20. The molecule has 1 aliphatic carbocycles. The third-order valence-electron chi connectivity index (χ3n) is 3.60. The summed E-state index contributed by atoms with van der Waals surface area (Å²) in [5.74, 6) is 1.10. The Labute approximate surface area is 115 Å². The Hall–Kier alpha value is -0.670. The maximum atomic E-state index is 5.93. The molecule has 2 nitrogen and oxygen atoms in total. The minimum absolute atomic E-state index is 0.623. The Morgan fingerprint density at radius 1 is 1.28 bits per heavy atom. The SMILES string of the molecule is CCSc1cccc(NC2CCCCC2)c1CN. The van der Waals surface area contributed by atoms with Gasteiger partial charge < -0.3 is 11.1 Å². The first-order chi connectivity index (χ1) is 8.85. The Morgan fingerprint density at radius 3 is 2.72 bits per heavy atom. The van der Waals surface area contributed by atoms with Crippen LogP contribution in [0.4, 0.5) is 5.69 Å². The third kappa shape index (κ3) is 3.42. The van der Waals surface area contributed by atoms with E-state index in [4.69, 9.17) is 5.73 Å². The maximum absolute atomic E-state index is 5.93. The second-order valence-electron chi connectivity index (χ2n) is 4.90. The predicted octanol–water partition coefficient (Wildman–Crippen LogP) is 4.00. The quantitative estimate of drug-likeness (QED) is 0.789. The number of nitrogens with one attached hydrogen (secondary N) is 1. The number of hydrogen-bond acceptors (Lipinski definition) is 3. The van der Waals surface area contributed by atoms with Crippen LogP contribution in [0.25, 0.3) is 0 Å². The summed E-state index contributed by atoms with van der Waals surface area (Å²) in [5.41, 5.74) is 8.47. The molecule has 1 aromatic carbocycles. The summed E-state index contributed by atoms with van der Waals surface area (Å²) in [6.07, 6.45) is 6.72. The van der Waals surface area contributed by atoms with Gasteiger partial charge in [-0.2, -0.15) is 0 Å². The van der Waals surface area contributed by atoms with Crippen molar-refractivity contribution in [3.05, 3.63) is 23.8 Å². The summed E-state index contributed by atoms with van der Waals surface area (Å²) in [5, 5.41) is 3.71. The molecule has 1 saturated carbocycles. The molecule has 0 spiro atoms. The number of anilines is 1. The van der Waals surface area contributed by atoms with Crippen LogP contribution in [0, 0.1) is 0 Å². The fourth-order valence-corrected chi connectivity index (χ4v) is 3.52. The highest BCUT2D eigenvalue weighted by atomic mass is 32.2. The van der Waals surface area contributed by atoms with Crippen molar-refractivity contribution in [2.75, 3.05) is 11.1 Å². The molecule has 1 aromatic rings. The predicted molar refractivity (Wildman–Crippen MR) is 81.2 cm³/mol. The van der Waals surface area contributed by atoms with E-state index in [0.717, 1.165) is 5.75 Å². The molecule has 0 radical (unpaired) electrons. The van der Waals surface area contributed by atoms with E-state index in [-0.39, 0.29) is 0 Å². The van der Waals surface area contributed by atoms with Gasteiger partial charge in [0, 0.05) is 28.7 Å². The lowest BCUT2D eigenvalue weighted by Crippen LogP contribution is -2.23. The van der Waals surface area contributed by atoms with Gasteiger partial charge in [-0.3, -0.25) is 0 Å². The van der Waals surface area contributed by atoms with Gasteiger partial charge in [-0.05, 0) is 30.7 Å². The molecule has 0 amide bonds. The molecule has 100 valence electrons. The summed E-state index contributed by atoms with van der Waals surface area (Å²) in [6, 6.07) is 7.15. The number of rotatable bonds is 5. The summed E-state index contributed by atoms with van der Waals surface area (Å²) >= 11 is 1.88. The number of hydrogen-bond donors (Lipinski definition) is 2. The average molecular weight is 264 g/mol. The van der Waals surface area contributed by atoms with Gasteiger partial charge in [0.2, 0.25) is 0 Å². The van der Waals surface area contributed by atoms with E-state index < -0.39 is 0 Å². The number of thioether (sulfide) groups is 1. The van der Waals surface area contributed by atoms with Crippen molar-refractivity contribution in [2.45, 2.75) is 56.5 Å². The van der Waals surface area contributed by atoms with Crippen LogP contribution in [-0.2, 0) is 6.54 Å². The summed E-state index contributed by atoms with van der Waals surface area (Å²) in [7, 11) is 0. The van der Waals surface area contributed by atoms with Crippen LogP contribution in [0.2, 0.25) is 0 Å². The van der Waals surface area contributed by atoms with E-state index in [0.29, 0.717) is 12.6 Å². The molecule has 2 rings (SSSR count). The van der Waals surface area contributed by atoms with Gasteiger partial charge in [-0.1, -0.05) is 32.3 Å². The monoisotopic (exact) mass is 264 g/mol. The van der Waals surface area contributed by atoms with E-state index in [9.17, 15) is 0 Å². The van der Waals surface area contributed by atoms with Crippen molar-refractivity contribution in [1.82, 2.24) is 0 Å². The summed E-state index contributed by atoms with van der Waals surface area (Å²) in [6.45, 7) is 2.81. The summed E-state index contributed by atoms with van der Waals surface area (Å²) in [4.78, 5) is 1.33. The van der Waals surface area contributed by atoms with Gasteiger partial charge >= 0.3 is 0 Å². The van der Waals surface area contributed by atoms with E-state index in [2.05, 4.69) is 30.4 Å². The smallest absolute Gasteiger partial charge is 0.0399 e. The zero-order chi connectivity index (χ0) is 12.8. The fraction of sp³-hybridized carbons (Fsp3) is 0.600. The molecule has 1 aliphatic rings. The zero-order valence-corrected chi connectivity index (χ0v) is 12.1. The number of nitrogens with two attached hydrogens (primary N) is 1. The van der Waals surface area contributed by atoms with Crippen LogP contribution in [0.3, 0.4) is 0 Å². The molecule has 0 atom stereocenters. The van der Waals surface area contributed by atoms with Gasteiger partial charge in [0.1, 0.15) is 0 Å². The Balaban J connectivity index is 2.12. The molecular formula is C15H24N2S. The van der Waals surface area contributed by atoms with E-state index in [1.165, 1.54) is 48.3 Å². The second kappa shape index (κ2) is 7.05. The van der Waals surface area contributed by atoms with Gasteiger partial charge in [0.15, 0.2) is 0 Å². The zero-order valence-electron chi connectivity index (χ0n) is 11.2. The van der Waals surface area contributed by atoms with Gasteiger partial charge in [0.05, 0.1) is 0 Å². The fourth-order valence-electron chi connectivity index (χ4n) is 2.67. The highest BCUT2D eigenvalue weighted by Gasteiger charge is 2.15. The van der Waals surface area contributed by atoms with Crippen molar-refractivity contribution in [3.63, 3.8) is 0 Å². The molecule has 0 saturated heterocycles. The van der Waals surface area contributed by atoms with Crippen LogP contribution in [0.15, 0.2) is 23.1 Å². The lowest BCUT2D eigenvalue weighted by atomic mass is 9.95. The molecule has 1 fully saturated rings. The molecule has 3 heteroatoms. The lowest BCUT2D eigenvalue weighted by Gasteiger charge is -2.25. The van der Waals surface area contributed by atoms with Gasteiger partial charge in [-0.25, -0.2) is 0 Å². The average Bonchev–Trinajstić information content (AvgIpc) is 2.41. The number of benzene rings is 1. The van der Waals surface area contributed by atoms with Crippen LogP contribution >= 0.6 is 11.8 Å². The van der Waals surface area contributed by atoms with Crippen molar-refractivity contribution in [1.29, 1.82) is 0 Å². The van der Waals surface area contributed by atoms with Gasteiger partial charge in [0.25, 0.3) is 0 Å². The van der Waals surface area contributed by atoms with E-state index in [1.54, 1.807) is 0 Å². The molecule has 0 unspecified atom stereocenters. The molecule has 3 N–H and O–H groups in total. The molecule has 0 bridgehead atoms. The molecule has 0 aromatic heterocycles. The molecular weight excluding hydrogens is 240 g/mol. The Morgan fingerprint density at radius 2 is 2.06 bits per heavy atom. The lowest BCUT2D eigenvalue weighted by molar-refractivity contribution is 0.462. The minimum atomic E-state index is 0.623. The largest absolute Gasteiger partial charge is 0.382 e. The first-order valence-corrected chi connectivity index (χ1v) is 8.05. The summed E-state index contributed by atoms with van der Waals surface area (Å²) < 4.78 is 0. The first-order valence-electron chi connectivity index (χ1n) is 7.06. The maximum Gasteiger partial charge on any atom is 0.0399 e. The Bertz CT molecular complexity index is 373. The van der Waals surface area contributed by atoms with Crippen LogP contribution in [0.1, 0.15) is 44.6 Å². The van der Waals surface area contributed by atoms with Crippen LogP contribution in [-0.4, -0.2) is 11.8 Å². The van der Waals surface area contributed by atoms with Crippen molar-refractivity contribution in [3.8, 4) is 0 Å². The van der Waals surface area contributed by atoms with Crippen molar-refractivity contribution >= 4 is 17.4 Å². The van der Waals surface area contributed by atoms with Crippen molar-refractivity contribution < 1.29 is 0 Å². The van der Waals surface area contributed by atoms with Crippen LogP contribution in [0.5, 0.6) is 0 Å². The highest BCUT2D eigenvalue weighted by Crippen LogP contribution is 2.30. The van der Waals surface area contributed by atoms with Crippen molar-refractivity contribution in [2.24, 2.45) is 5.73 Å². The highest BCUT2D eigenvalue weighted by molar-refractivity contribution is 7.99. The molecule has 0 heterocycles. The van der Waals surface area contributed by atoms with E-state index >= 15 is 0 Å². The topological polar surface area (TPSA) is 38.0 Å². The normalized spacial score (nSPS) is 16.8.